The summed E-state index contributed by atoms with van der Waals surface area (Å²) in [5, 5.41) is 8.14. The molecule has 0 heterocycles. The van der Waals surface area contributed by atoms with Gasteiger partial charge in [0.1, 0.15) is 0 Å². The highest BCUT2D eigenvalue weighted by Crippen LogP contribution is 1.99. The lowest BCUT2D eigenvalue weighted by Crippen LogP contribution is -2.14. The van der Waals surface area contributed by atoms with E-state index in [1.165, 1.54) is 0 Å². The number of aliphatic hydroxyl groups is 1. The van der Waals surface area contributed by atoms with Crippen LogP contribution in [-0.2, 0) is 9.53 Å². The van der Waals surface area contributed by atoms with Crippen LogP contribution in [0.5, 0.6) is 0 Å². The second kappa shape index (κ2) is 9.97. The lowest BCUT2D eigenvalue weighted by molar-refractivity contribution is -0.148. The van der Waals surface area contributed by atoms with Gasteiger partial charge in [0.05, 0.1) is 12.5 Å². The van der Waals surface area contributed by atoms with Crippen molar-refractivity contribution in [3.63, 3.8) is 0 Å². The van der Waals surface area contributed by atoms with Crippen LogP contribution >= 0.6 is 0 Å². The molecule has 3 heteroatoms. The number of carbonyl (C=O) groups is 1. The fourth-order valence-electron chi connectivity index (χ4n) is 0.415. The van der Waals surface area contributed by atoms with Crippen LogP contribution in [0.15, 0.2) is 0 Å². The van der Waals surface area contributed by atoms with Gasteiger partial charge in [-0.1, -0.05) is 41.5 Å². The van der Waals surface area contributed by atoms with Crippen LogP contribution in [0, 0.1) is 17.8 Å². The van der Waals surface area contributed by atoms with Crippen molar-refractivity contribution >= 4 is 5.97 Å². The van der Waals surface area contributed by atoms with Gasteiger partial charge in [-0.25, -0.2) is 0 Å². The molecule has 0 saturated heterocycles. The standard InChI is InChI=1S/C8H16O2.C4H10O/c1-6(2)5-10-8(9)7(3)4;1-4(2)3-5/h6-7H,5H2,1-4H3;4-5H,3H2,1-2H3. The zero-order valence-corrected chi connectivity index (χ0v) is 10.9. The quantitative estimate of drug-likeness (QED) is 0.737. The van der Waals surface area contributed by atoms with Crippen molar-refractivity contribution in [2.75, 3.05) is 13.2 Å². The van der Waals surface area contributed by atoms with Gasteiger partial charge >= 0.3 is 5.97 Å². The molecule has 0 aliphatic rings. The summed E-state index contributed by atoms with van der Waals surface area (Å²) >= 11 is 0. The summed E-state index contributed by atoms with van der Waals surface area (Å²) in [6, 6.07) is 0. The molecule has 0 atom stereocenters. The highest BCUT2D eigenvalue weighted by Gasteiger charge is 2.07. The van der Waals surface area contributed by atoms with E-state index in [1.807, 2.05) is 41.5 Å². The highest BCUT2D eigenvalue weighted by atomic mass is 16.5. The Morgan fingerprint density at radius 3 is 1.67 bits per heavy atom. The number of aliphatic hydroxyl groups excluding tert-OH is 1. The molecule has 92 valence electrons. The molecule has 0 unspecified atom stereocenters. The molecular weight excluding hydrogens is 192 g/mol. The SMILES string of the molecule is CC(C)CO.CC(C)COC(=O)C(C)C. The topological polar surface area (TPSA) is 46.5 Å². The minimum Gasteiger partial charge on any atom is -0.465 e. The fourth-order valence-corrected chi connectivity index (χ4v) is 0.415. The molecule has 0 aromatic rings. The van der Waals surface area contributed by atoms with Gasteiger partial charge in [-0.2, -0.15) is 0 Å². The van der Waals surface area contributed by atoms with Gasteiger partial charge in [-0.15, -0.1) is 0 Å². The number of hydrogen-bond donors (Lipinski definition) is 1. The van der Waals surface area contributed by atoms with Crippen LogP contribution in [0.25, 0.3) is 0 Å². The van der Waals surface area contributed by atoms with Gasteiger partial charge in [0, 0.05) is 6.61 Å². The van der Waals surface area contributed by atoms with E-state index in [2.05, 4.69) is 0 Å². The minimum atomic E-state index is -0.103. The van der Waals surface area contributed by atoms with Crippen molar-refractivity contribution in [3.8, 4) is 0 Å². The first-order valence-corrected chi connectivity index (χ1v) is 5.58. The number of esters is 1. The van der Waals surface area contributed by atoms with Crippen molar-refractivity contribution in [1.29, 1.82) is 0 Å². The molecule has 1 N–H and O–H groups in total. The summed E-state index contributed by atoms with van der Waals surface area (Å²) in [6.07, 6.45) is 0. The van der Waals surface area contributed by atoms with E-state index < -0.39 is 0 Å². The first-order chi connectivity index (χ1) is 6.81. The van der Waals surface area contributed by atoms with Crippen LogP contribution < -0.4 is 0 Å². The average Bonchev–Trinajstić information content (AvgIpc) is 2.14. The molecule has 0 radical (unpaired) electrons. The van der Waals surface area contributed by atoms with Crippen LogP contribution in [0.1, 0.15) is 41.5 Å². The Kier molecular flexibility index (Phi) is 11.2. The molecule has 0 rings (SSSR count). The Balaban J connectivity index is 0. The molecule has 0 aliphatic carbocycles. The zero-order chi connectivity index (χ0) is 12.4. The van der Waals surface area contributed by atoms with E-state index in [0.29, 0.717) is 25.0 Å². The summed E-state index contributed by atoms with van der Waals surface area (Å²) in [7, 11) is 0. The van der Waals surface area contributed by atoms with Gasteiger partial charge < -0.3 is 9.84 Å². The molecule has 0 bridgehead atoms. The second-order valence-electron chi connectivity index (χ2n) is 4.76. The number of ether oxygens (including phenoxy) is 1. The third-order valence-corrected chi connectivity index (χ3v) is 1.40. The Hall–Kier alpha value is -0.570. The van der Waals surface area contributed by atoms with Crippen LogP contribution in [0.2, 0.25) is 0 Å². The summed E-state index contributed by atoms with van der Waals surface area (Å²) in [5.74, 6) is 0.769. The monoisotopic (exact) mass is 218 g/mol. The zero-order valence-electron chi connectivity index (χ0n) is 10.9. The Morgan fingerprint density at radius 2 is 1.47 bits per heavy atom. The van der Waals surface area contributed by atoms with E-state index in [1.54, 1.807) is 0 Å². The molecule has 0 aromatic carbocycles. The maximum absolute atomic E-state index is 10.8. The summed E-state index contributed by atoms with van der Waals surface area (Å²) < 4.78 is 4.93. The van der Waals surface area contributed by atoms with Crippen LogP contribution in [0.3, 0.4) is 0 Å². The number of carbonyl (C=O) groups excluding carboxylic acids is 1. The third kappa shape index (κ3) is 16.1. The first-order valence-electron chi connectivity index (χ1n) is 5.58. The first kappa shape index (κ1) is 16.8. The minimum absolute atomic E-state index is 0.00116. The largest absolute Gasteiger partial charge is 0.465 e. The molecule has 0 aromatic heterocycles. The maximum atomic E-state index is 10.8. The molecule has 0 fully saturated rings. The molecule has 3 nitrogen and oxygen atoms in total. The van der Waals surface area contributed by atoms with E-state index >= 15 is 0 Å². The van der Waals surface area contributed by atoms with Crippen molar-refractivity contribution in [3.05, 3.63) is 0 Å². The van der Waals surface area contributed by atoms with Gasteiger partial charge in [0.2, 0.25) is 0 Å². The third-order valence-electron chi connectivity index (χ3n) is 1.40. The Morgan fingerprint density at radius 1 is 1.07 bits per heavy atom. The van der Waals surface area contributed by atoms with Crippen LogP contribution in [0.4, 0.5) is 0 Å². The normalized spacial score (nSPS) is 10.3. The average molecular weight is 218 g/mol. The van der Waals surface area contributed by atoms with E-state index in [9.17, 15) is 4.79 Å². The number of rotatable bonds is 4. The van der Waals surface area contributed by atoms with Crippen molar-refractivity contribution in [2.45, 2.75) is 41.5 Å². The smallest absolute Gasteiger partial charge is 0.308 e. The van der Waals surface area contributed by atoms with Gasteiger partial charge in [0.25, 0.3) is 0 Å². The molecule has 0 saturated carbocycles. The van der Waals surface area contributed by atoms with Gasteiger partial charge in [0.15, 0.2) is 0 Å². The number of hydrogen-bond acceptors (Lipinski definition) is 3. The summed E-state index contributed by atoms with van der Waals surface area (Å²) in [4.78, 5) is 10.8. The maximum Gasteiger partial charge on any atom is 0.308 e. The van der Waals surface area contributed by atoms with E-state index in [-0.39, 0.29) is 11.9 Å². The lowest BCUT2D eigenvalue weighted by Gasteiger charge is -2.08. The summed E-state index contributed by atoms with van der Waals surface area (Å²) in [6.45, 7) is 12.5. The Labute approximate surface area is 93.8 Å². The van der Waals surface area contributed by atoms with Crippen molar-refractivity contribution < 1.29 is 14.6 Å². The van der Waals surface area contributed by atoms with E-state index in [0.717, 1.165) is 0 Å². The summed E-state index contributed by atoms with van der Waals surface area (Å²) in [5.41, 5.74) is 0. The van der Waals surface area contributed by atoms with Crippen LogP contribution in [-0.4, -0.2) is 24.3 Å². The lowest BCUT2D eigenvalue weighted by atomic mass is 10.2. The van der Waals surface area contributed by atoms with E-state index in [4.69, 9.17) is 9.84 Å². The molecule has 0 spiro atoms. The molecule has 0 amide bonds. The highest BCUT2D eigenvalue weighted by molar-refractivity contribution is 5.71. The predicted octanol–water partition coefficient (Wildman–Crippen LogP) is 2.48. The fraction of sp³-hybridized carbons (Fsp3) is 0.917. The molecular formula is C12H26O3. The molecule has 15 heavy (non-hydrogen) atoms. The van der Waals surface area contributed by atoms with Gasteiger partial charge in [-0.3, -0.25) is 4.79 Å². The predicted molar refractivity (Wildman–Crippen MR) is 62.6 cm³/mol. The Bertz CT molecular complexity index is 151. The van der Waals surface area contributed by atoms with Gasteiger partial charge in [-0.05, 0) is 11.8 Å². The van der Waals surface area contributed by atoms with Crippen molar-refractivity contribution in [1.82, 2.24) is 0 Å². The second-order valence-corrected chi connectivity index (χ2v) is 4.76. The van der Waals surface area contributed by atoms with Crippen molar-refractivity contribution in [2.24, 2.45) is 17.8 Å². The molecule has 0 aliphatic heterocycles.